The van der Waals surface area contributed by atoms with Crippen molar-refractivity contribution in [3.63, 3.8) is 0 Å². The van der Waals surface area contributed by atoms with E-state index in [2.05, 4.69) is 217 Å². The Morgan fingerprint density at radius 3 is 1.04 bits per heavy atom. The molecule has 0 aliphatic rings. The minimum Gasteiger partial charge on any atom is -0.455 e. The molecule has 0 atom stereocenters. The van der Waals surface area contributed by atoms with E-state index in [4.69, 9.17) is 13.3 Å². The fourth-order valence-electron chi connectivity index (χ4n) is 10.5. The Balaban J connectivity index is 0.828. The van der Waals surface area contributed by atoms with Crippen molar-refractivity contribution < 1.29 is 13.3 Å². The average Bonchev–Trinajstić information content (AvgIpc) is 4.13. The van der Waals surface area contributed by atoms with Gasteiger partial charge in [-0.15, -0.1) is 0 Å². The van der Waals surface area contributed by atoms with Gasteiger partial charge in [-0.1, -0.05) is 188 Å². The van der Waals surface area contributed by atoms with Gasteiger partial charge in [0.25, 0.3) is 0 Å². The summed E-state index contributed by atoms with van der Waals surface area (Å²) in [5, 5.41) is 6.75. The predicted molar refractivity (Wildman–Crippen MR) is 290 cm³/mol. The standard InChI is InChI=1S/C66H41NO3/c1-4-25-61-55(16-1)58-22-9-19-52(64(58)68-61)45-30-28-42(29-31-45)43-32-36-49(37-33-43)67(51-15-8-14-48(41-51)54-21-11-24-60-57-18-3-6-27-63(57)70-66(54)60)50-38-34-44(35-39-50)46-12-7-13-47(40-46)53-20-10-23-59-56-17-2-5-26-62(56)69-65(53)59/h1-41H. The lowest BCUT2D eigenvalue weighted by molar-refractivity contribution is 0.669. The second-order valence-corrected chi connectivity index (χ2v) is 18.0. The molecule has 3 aromatic heterocycles. The van der Waals surface area contributed by atoms with Gasteiger partial charge >= 0.3 is 0 Å². The Hall–Kier alpha value is -9.38. The molecule has 0 radical (unpaired) electrons. The van der Waals surface area contributed by atoms with Gasteiger partial charge in [0, 0.05) is 66.1 Å². The van der Waals surface area contributed by atoms with Crippen molar-refractivity contribution in [3.8, 4) is 55.6 Å². The Morgan fingerprint density at radius 2 is 0.557 bits per heavy atom. The zero-order chi connectivity index (χ0) is 46.1. The largest absolute Gasteiger partial charge is 0.455 e. The molecule has 0 saturated heterocycles. The summed E-state index contributed by atoms with van der Waals surface area (Å²) in [6.45, 7) is 0. The number of anilines is 3. The van der Waals surface area contributed by atoms with Crippen molar-refractivity contribution in [1.82, 2.24) is 0 Å². The van der Waals surface area contributed by atoms with E-state index in [0.717, 1.165) is 139 Å². The maximum Gasteiger partial charge on any atom is 0.143 e. The highest BCUT2D eigenvalue weighted by Gasteiger charge is 2.19. The maximum absolute atomic E-state index is 6.53. The molecule has 14 rings (SSSR count). The van der Waals surface area contributed by atoms with Gasteiger partial charge in [-0.2, -0.15) is 0 Å². The average molecular weight is 896 g/mol. The van der Waals surface area contributed by atoms with Gasteiger partial charge in [-0.25, -0.2) is 0 Å². The number of hydrogen-bond acceptors (Lipinski definition) is 4. The molecule has 4 nitrogen and oxygen atoms in total. The van der Waals surface area contributed by atoms with Crippen LogP contribution in [0.2, 0.25) is 0 Å². The van der Waals surface area contributed by atoms with Crippen LogP contribution >= 0.6 is 0 Å². The van der Waals surface area contributed by atoms with Crippen LogP contribution in [0.15, 0.2) is 262 Å². The smallest absolute Gasteiger partial charge is 0.143 e. The Bertz CT molecular complexity index is 4290. The first-order valence-electron chi connectivity index (χ1n) is 23.7. The van der Waals surface area contributed by atoms with E-state index in [1.54, 1.807) is 0 Å². The van der Waals surface area contributed by atoms with E-state index in [1.807, 2.05) is 36.4 Å². The van der Waals surface area contributed by atoms with E-state index in [9.17, 15) is 0 Å². The molecule has 70 heavy (non-hydrogen) atoms. The first kappa shape index (κ1) is 39.8. The first-order valence-corrected chi connectivity index (χ1v) is 23.7. The third kappa shape index (κ3) is 6.61. The summed E-state index contributed by atoms with van der Waals surface area (Å²) >= 11 is 0. The van der Waals surface area contributed by atoms with Crippen LogP contribution in [0.25, 0.3) is 121 Å². The molecule has 4 heteroatoms. The van der Waals surface area contributed by atoms with Gasteiger partial charge in [0.1, 0.15) is 33.5 Å². The summed E-state index contributed by atoms with van der Waals surface area (Å²) in [4.78, 5) is 2.34. The Labute approximate surface area is 403 Å². The van der Waals surface area contributed by atoms with Gasteiger partial charge in [0.05, 0.1) is 0 Å². The number of hydrogen-bond donors (Lipinski definition) is 0. The zero-order valence-corrected chi connectivity index (χ0v) is 37.8. The molecular formula is C66H41NO3. The highest BCUT2D eigenvalue weighted by atomic mass is 16.3. The Morgan fingerprint density at radius 1 is 0.214 bits per heavy atom. The van der Waals surface area contributed by atoms with Crippen molar-refractivity contribution in [2.45, 2.75) is 0 Å². The van der Waals surface area contributed by atoms with Crippen molar-refractivity contribution >= 4 is 82.9 Å². The molecule has 0 N–H and O–H groups in total. The molecule has 0 unspecified atom stereocenters. The van der Waals surface area contributed by atoms with Crippen molar-refractivity contribution in [2.75, 3.05) is 4.90 Å². The second-order valence-electron chi connectivity index (χ2n) is 18.0. The predicted octanol–water partition coefficient (Wildman–Crippen LogP) is 19.2. The van der Waals surface area contributed by atoms with Crippen LogP contribution in [0, 0.1) is 0 Å². The van der Waals surface area contributed by atoms with E-state index in [-0.39, 0.29) is 0 Å². The monoisotopic (exact) mass is 895 g/mol. The molecule has 0 saturated carbocycles. The van der Waals surface area contributed by atoms with Gasteiger partial charge in [0.2, 0.25) is 0 Å². The molecule has 0 fully saturated rings. The highest BCUT2D eigenvalue weighted by Crippen LogP contribution is 2.43. The fourth-order valence-corrected chi connectivity index (χ4v) is 10.5. The van der Waals surface area contributed by atoms with Gasteiger partial charge in [0.15, 0.2) is 0 Å². The number of rotatable bonds is 8. The number of benzene rings is 11. The van der Waals surface area contributed by atoms with Crippen molar-refractivity contribution in [2.24, 2.45) is 0 Å². The van der Waals surface area contributed by atoms with Crippen LogP contribution in [-0.2, 0) is 0 Å². The minimum absolute atomic E-state index is 0.887. The number of fused-ring (bicyclic) bond motifs is 9. The first-order chi connectivity index (χ1) is 34.7. The molecule has 0 aliphatic carbocycles. The van der Waals surface area contributed by atoms with Gasteiger partial charge in [-0.3, -0.25) is 0 Å². The molecule has 0 spiro atoms. The van der Waals surface area contributed by atoms with Crippen LogP contribution < -0.4 is 4.90 Å². The lowest BCUT2D eigenvalue weighted by Crippen LogP contribution is -2.10. The van der Waals surface area contributed by atoms with Crippen LogP contribution in [-0.4, -0.2) is 0 Å². The molecule has 0 amide bonds. The minimum atomic E-state index is 0.887. The summed E-state index contributed by atoms with van der Waals surface area (Å²) < 4.78 is 19.4. The molecule has 11 aromatic carbocycles. The quantitative estimate of drug-likeness (QED) is 0.152. The van der Waals surface area contributed by atoms with Crippen molar-refractivity contribution in [1.29, 1.82) is 0 Å². The third-order valence-corrected chi connectivity index (χ3v) is 13.9. The van der Waals surface area contributed by atoms with Crippen LogP contribution in [0.3, 0.4) is 0 Å². The molecule has 3 heterocycles. The summed E-state index contributed by atoms with van der Waals surface area (Å²) in [5.41, 5.74) is 19.6. The highest BCUT2D eigenvalue weighted by molar-refractivity contribution is 6.12. The summed E-state index contributed by atoms with van der Waals surface area (Å²) in [5.74, 6) is 0. The van der Waals surface area contributed by atoms with Crippen LogP contribution in [0.4, 0.5) is 17.1 Å². The summed E-state index contributed by atoms with van der Waals surface area (Å²) in [6.07, 6.45) is 0. The van der Waals surface area contributed by atoms with Crippen molar-refractivity contribution in [3.05, 3.63) is 249 Å². The van der Waals surface area contributed by atoms with E-state index in [1.165, 1.54) is 0 Å². The third-order valence-electron chi connectivity index (χ3n) is 13.9. The SMILES string of the molecule is c1cc(-c2ccc(N(c3ccc(-c4ccc(-c5cccc6c5oc5ccccc56)cc4)cc3)c3cccc(-c4cccc5c4oc4ccccc45)c3)cc2)cc(-c2cccc3c2oc2ccccc23)c1. The van der Waals surface area contributed by atoms with E-state index in [0.29, 0.717) is 0 Å². The Kier molecular flexibility index (Phi) is 9.17. The number of furan rings is 3. The zero-order valence-electron chi connectivity index (χ0n) is 37.8. The number of para-hydroxylation sites is 6. The number of nitrogens with zero attached hydrogens (tertiary/aromatic N) is 1. The van der Waals surface area contributed by atoms with E-state index >= 15 is 0 Å². The molecular weight excluding hydrogens is 855 g/mol. The lowest BCUT2D eigenvalue weighted by atomic mass is 9.97. The topological polar surface area (TPSA) is 42.7 Å². The second kappa shape index (κ2) is 16.2. The fraction of sp³-hybridized carbons (Fsp3) is 0. The molecule has 328 valence electrons. The molecule has 0 aliphatic heterocycles. The van der Waals surface area contributed by atoms with Gasteiger partial charge in [-0.05, 0) is 99.6 Å². The summed E-state index contributed by atoms with van der Waals surface area (Å²) in [7, 11) is 0. The van der Waals surface area contributed by atoms with E-state index < -0.39 is 0 Å². The molecule has 14 aromatic rings. The normalized spacial score (nSPS) is 11.7. The van der Waals surface area contributed by atoms with Gasteiger partial charge < -0.3 is 18.2 Å². The van der Waals surface area contributed by atoms with Crippen LogP contribution in [0.5, 0.6) is 0 Å². The lowest BCUT2D eigenvalue weighted by Gasteiger charge is -2.26. The summed E-state index contributed by atoms with van der Waals surface area (Å²) in [6, 6.07) is 88.1. The van der Waals surface area contributed by atoms with Crippen LogP contribution in [0.1, 0.15) is 0 Å². The molecule has 0 bridgehead atoms. The maximum atomic E-state index is 6.53.